The molecule has 0 aliphatic carbocycles. The summed E-state index contributed by atoms with van der Waals surface area (Å²) in [4.78, 5) is 11.8. The van der Waals surface area contributed by atoms with E-state index in [1.165, 1.54) is 6.07 Å². The minimum Gasteiger partial charge on any atom is -0.334 e. The van der Waals surface area contributed by atoms with E-state index in [1.807, 2.05) is 0 Å². The zero-order valence-corrected chi connectivity index (χ0v) is 13.7. The number of urea groups is 1. The summed E-state index contributed by atoms with van der Waals surface area (Å²) in [7, 11) is 0. The Morgan fingerprint density at radius 3 is 2.76 bits per heavy atom. The Morgan fingerprint density at radius 2 is 2.00 bits per heavy atom. The molecule has 0 heterocycles. The topological polar surface area (TPSA) is 41.1 Å². The van der Waals surface area contributed by atoms with E-state index in [-0.39, 0.29) is 17.4 Å². The molecule has 2 rings (SSSR count). The van der Waals surface area contributed by atoms with Crippen molar-refractivity contribution in [1.82, 2.24) is 5.32 Å². The molecule has 0 saturated carbocycles. The molecule has 110 valence electrons. The lowest BCUT2D eigenvalue weighted by atomic mass is 10.2. The van der Waals surface area contributed by atoms with Gasteiger partial charge in [0.2, 0.25) is 0 Å². The van der Waals surface area contributed by atoms with Crippen molar-refractivity contribution in [3.63, 3.8) is 0 Å². The zero-order chi connectivity index (χ0) is 15.4. The molecule has 0 spiro atoms. The Kier molecular flexibility index (Phi) is 5.45. The number of halogens is 4. The van der Waals surface area contributed by atoms with Crippen LogP contribution >= 0.6 is 39.1 Å². The van der Waals surface area contributed by atoms with Gasteiger partial charge in [-0.15, -0.1) is 0 Å². The number of rotatable bonds is 3. The van der Waals surface area contributed by atoms with Crippen molar-refractivity contribution in [2.24, 2.45) is 0 Å². The van der Waals surface area contributed by atoms with Crippen molar-refractivity contribution in [3.8, 4) is 0 Å². The minimum atomic E-state index is -0.501. The monoisotopic (exact) mass is 390 g/mol. The normalized spacial score (nSPS) is 10.3. The van der Waals surface area contributed by atoms with E-state index in [9.17, 15) is 9.18 Å². The van der Waals surface area contributed by atoms with Gasteiger partial charge in [0.15, 0.2) is 0 Å². The first-order chi connectivity index (χ1) is 9.97. The number of hydrogen-bond donors (Lipinski definition) is 2. The van der Waals surface area contributed by atoms with E-state index in [1.54, 1.807) is 30.3 Å². The summed E-state index contributed by atoms with van der Waals surface area (Å²) in [5.41, 5.74) is 0.757. The quantitative estimate of drug-likeness (QED) is 0.740. The van der Waals surface area contributed by atoms with Gasteiger partial charge in [-0.3, -0.25) is 0 Å². The molecule has 2 amide bonds. The Balaban J connectivity index is 1.99. The van der Waals surface area contributed by atoms with Crippen molar-refractivity contribution in [2.45, 2.75) is 6.54 Å². The van der Waals surface area contributed by atoms with Gasteiger partial charge >= 0.3 is 6.03 Å². The van der Waals surface area contributed by atoms with E-state index in [0.717, 1.165) is 4.47 Å². The lowest BCUT2D eigenvalue weighted by molar-refractivity contribution is 0.251. The first kappa shape index (κ1) is 16.1. The Bertz CT molecular complexity index is 682. The number of hydrogen-bond acceptors (Lipinski definition) is 1. The van der Waals surface area contributed by atoms with Crippen molar-refractivity contribution < 1.29 is 9.18 Å². The van der Waals surface area contributed by atoms with E-state index in [2.05, 4.69) is 26.6 Å². The minimum absolute atomic E-state index is 0.0509. The summed E-state index contributed by atoms with van der Waals surface area (Å²) in [6, 6.07) is 8.91. The molecular weight excluding hydrogens is 382 g/mol. The van der Waals surface area contributed by atoms with Gasteiger partial charge in [-0.05, 0) is 30.3 Å². The van der Waals surface area contributed by atoms with Crippen molar-refractivity contribution in [2.75, 3.05) is 5.32 Å². The third-order valence-corrected chi connectivity index (χ3v) is 3.96. The van der Waals surface area contributed by atoms with Gasteiger partial charge in [-0.2, -0.15) is 0 Å². The molecule has 2 aromatic carbocycles. The maximum Gasteiger partial charge on any atom is 0.319 e. The molecule has 0 atom stereocenters. The first-order valence-corrected chi connectivity index (χ1v) is 7.45. The molecule has 0 aromatic heterocycles. The summed E-state index contributed by atoms with van der Waals surface area (Å²) < 4.78 is 14.3. The highest BCUT2D eigenvalue weighted by Gasteiger charge is 2.09. The van der Waals surface area contributed by atoms with Crippen molar-refractivity contribution in [3.05, 3.63) is 62.3 Å². The average molecular weight is 392 g/mol. The van der Waals surface area contributed by atoms with Gasteiger partial charge in [0.25, 0.3) is 0 Å². The lowest BCUT2D eigenvalue weighted by Gasteiger charge is -2.10. The predicted octanol–water partition coefficient (Wildman–Crippen LogP) is 5.22. The highest BCUT2D eigenvalue weighted by atomic mass is 79.9. The number of carbonyl (C=O) groups excluding carboxylic acids is 1. The van der Waals surface area contributed by atoms with Crippen molar-refractivity contribution in [1.29, 1.82) is 0 Å². The van der Waals surface area contributed by atoms with Gasteiger partial charge in [-0.1, -0.05) is 45.2 Å². The molecule has 21 heavy (non-hydrogen) atoms. The molecule has 2 aromatic rings. The van der Waals surface area contributed by atoms with Crippen LogP contribution in [0.3, 0.4) is 0 Å². The molecule has 3 nitrogen and oxygen atoms in total. The van der Waals surface area contributed by atoms with E-state index in [0.29, 0.717) is 16.3 Å². The predicted molar refractivity (Wildman–Crippen MR) is 86.4 cm³/mol. The van der Waals surface area contributed by atoms with Crippen LogP contribution in [0, 0.1) is 5.82 Å². The highest BCUT2D eigenvalue weighted by Crippen LogP contribution is 2.29. The molecule has 0 fully saturated rings. The number of benzene rings is 2. The summed E-state index contributed by atoms with van der Waals surface area (Å²) in [6.45, 7) is 0.0509. The van der Waals surface area contributed by atoms with E-state index in [4.69, 9.17) is 23.2 Å². The molecule has 0 aliphatic rings. The second-order valence-corrected chi connectivity index (χ2v) is 5.85. The van der Waals surface area contributed by atoms with E-state index >= 15 is 0 Å². The van der Waals surface area contributed by atoms with Crippen molar-refractivity contribution >= 4 is 50.9 Å². The van der Waals surface area contributed by atoms with Crippen LogP contribution in [0.25, 0.3) is 0 Å². The summed E-state index contributed by atoms with van der Waals surface area (Å²) in [6.07, 6.45) is 0. The number of nitrogens with one attached hydrogen (secondary N) is 2. The molecule has 0 saturated heterocycles. The Morgan fingerprint density at radius 1 is 1.24 bits per heavy atom. The van der Waals surface area contributed by atoms with Crippen LogP contribution in [0.4, 0.5) is 14.9 Å². The maximum absolute atomic E-state index is 13.5. The van der Waals surface area contributed by atoms with Crippen LogP contribution in [0.15, 0.2) is 40.9 Å². The van der Waals surface area contributed by atoms with Crippen LogP contribution in [0.1, 0.15) is 5.56 Å². The smallest absolute Gasteiger partial charge is 0.319 e. The third-order valence-electron chi connectivity index (χ3n) is 2.65. The molecule has 2 N–H and O–H groups in total. The Hall–Kier alpha value is -1.30. The molecule has 7 heteroatoms. The largest absolute Gasteiger partial charge is 0.334 e. The fourth-order valence-corrected chi connectivity index (χ4v) is 2.38. The molecule has 0 radical (unpaired) electrons. The highest BCUT2D eigenvalue weighted by molar-refractivity contribution is 9.10. The first-order valence-electron chi connectivity index (χ1n) is 5.90. The fourth-order valence-electron chi connectivity index (χ4n) is 1.62. The van der Waals surface area contributed by atoms with Crippen LogP contribution in [-0.2, 0) is 6.54 Å². The molecule has 0 bridgehead atoms. The van der Waals surface area contributed by atoms with Gasteiger partial charge in [0, 0.05) is 16.6 Å². The van der Waals surface area contributed by atoms with E-state index < -0.39 is 6.03 Å². The molecule has 0 aliphatic heterocycles. The van der Waals surface area contributed by atoms with Gasteiger partial charge in [-0.25, -0.2) is 9.18 Å². The van der Waals surface area contributed by atoms with Crippen LogP contribution in [0.5, 0.6) is 0 Å². The summed E-state index contributed by atoms with van der Waals surface area (Å²) >= 11 is 15.1. The van der Waals surface area contributed by atoms with Crippen LogP contribution in [-0.4, -0.2) is 6.03 Å². The number of amides is 2. The average Bonchev–Trinajstić information content (AvgIpc) is 2.45. The Labute approximate surface area is 139 Å². The SMILES string of the molecule is O=C(NCc1cc(Br)ccc1F)Nc1cccc(Cl)c1Cl. The second kappa shape index (κ2) is 7.11. The third kappa shape index (κ3) is 4.33. The number of carbonyl (C=O) groups is 1. The second-order valence-electron chi connectivity index (χ2n) is 4.14. The fraction of sp³-hybridized carbons (Fsp3) is 0.0714. The summed E-state index contributed by atoms with van der Waals surface area (Å²) in [5.74, 6) is -0.390. The maximum atomic E-state index is 13.5. The molecular formula is C14H10BrCl2FN2O. The molecule has 0 unspecified atom stereocenters. The van der Waals surface area contributed by atoms with Gasteiger partial charge < -0.3 is 10.6 Å². The zero-order valence-electron chi connectivity index (χ0n) is 10.6. The van der Waals surface area contributed by atoms with Crippen LogP contribution in [0.2, 0.25) is 10.0 Å². The number of anilines is 1. The lowest BCUT2D eigenvalue weighted by Crippen LogP contribution is -2.28. The summed E-state index contributed by atoms with van der Waals surface area (Å²) in [5, 5.41) is 5.70. The standard InChI is InChI=1S/C14H10BrCl2FN2O/c15-9-4-5-11(18)8(6-9)7-19-14(21)20-12-3-1-2-10(16)13(12)17/h1-6H,7H2,(H2,19,20,21). The van der Waals surface area contributed by atoms with Crippen LogP contribution < -0.4 is 10.6 Å². The van der Waals surface area contributed by atoms with Gasteiger partial charge in [0.1, 0.15) is 5.82 Å². The van der Waals surface area contributed by atoms with Gasteiger partial charge in [0.05, 0.1) is 15.7 Å².